The molecule has 0 heterocycles. The fourth-order valence-electron chi connectivity index (χ4n) is 1.87. The van der Waals surface area contributed by atoms with Gasteiger partial charge in [-0.15, -0.1) is 0 Å². The summed E-state index contributed by atoms with van der Waals surface area (Å²) < 4.78 is 0. The predicted octanol–water partition coefficient (Wildman–Crippen LogP) is 3.61. The molecule has 87 valence electrons. The summed E-state index contributed by atoms with van der Waals surface area (Å²) in [6.07, 6.45) is 0. The Morgan fingerprint density at radius 1 is 0.706 bits per heavy atom. The number of aryl methyl sites for hydroxylation is 2. The Hall–Kier alpha value is -1.60. The Morgan fingerprint density at radius 3 is 1.53 bits per heavy atom. The van der Waals surface area contributed by atoms with Gasteiger partial charge in [-0.2, -0.15) is 0 Å². The van der Waals surface area contributed by atoms with Crippen molar-refractivity contribution in [2.24, 2.45) is 0 Å². The molecule has 1 radical (unpaired) electrons. The van der Waals surface area contributed by atoms with Gasteiger partial charge in [0.25, 0.3) is 0 Å². The summed E-state index contributed by atoms with van der Waals surface area (Å²) in [7, 11) is 0. The van der Waals surface area contributed by atoms with Crippen LogP contribution in [-0.4, -0.2) is 0 Å². The lowest BCUT2D eigenvalue weighted by molar-refractivity contribution is 0.672. The largest absolute Gasteiger partial charge is 0.232 e. The van der Waals surface area contributed by atoms with Gasteiger partial charge in [0.2, 0.25) is 0 Å². The average molecular weight is 224 g/mol. The summed E-state index contributed by atoms with van der Waals surface area (Å²) in [6.45, 7) is 5.89. The summed E-state index contributed by atoms with van der Waals surface area (Å²) in [4.78, 5) is 0. The molecular weight excluding hydrogens is 206 g/mol. The van der Waals surface area contributed by atoms with Gasteiger partial charge >= 0.3 is 0 Å². The zero-order valence-corrected chi connectivity index (χ0v) is 10.5. The highest BCUT2D eigenvalue weighted by molar-refractivity contribution is 5.27. The van der Waals surface area contributed by atoms with Crippen LogP contribution in [0.5, 0.6) is 0 Å². The second-order valence-electron chi connectivity index (χ2n) is 4.39. The molecule has 0 spiro atoms. The Bertz CT molecular complexity index is 443. The minimum atomic E-state index is 0.807. The Labute approximate surface area is 103 Å². The third-order valence-corrected chi connectivity index (χ3v) is 3.09. The lowest BCUT2D eigenvalue weighted by Crippen LogP contribution is -2.06. The van der Waals surface area contributed by atoms with Crippen LogP contribution in [0.2, 0.25) is 0 Å². The van der Waals surface area contributed by atoms with E-state index in [1.54, 1.807) is 0 Å². The van der Waals surface area contributed by atoms with E-state index in [1.807, 2.05) is 0 Å². The van der Waals surface area contributed by atoms with Crippen molar-refractivity contribution >= 4 is 0 Å². The third kappa shape index (κ3) is 3.18. The molecule has 0 bridgehead atoms. The van der Waals surface area contributed by atoms with Crippen molar-refractivity contribution in [1.82, 2.24) is 5.32 Å². The van der Waals surface area contributed by atoms with Gasteiger partial charge in [0.1, 0.15) is 0 Å². The minimum absolute atomic E-state index is 0.807. The maximum absolute atomic E-state index is 4.63. The van der Waals surface area contributed by atoms with Crippen LogP contribution in [0.4, 0.5) is 0 Å². The first kappa shape index (κ1) is 11.9. The van der Waals surface area contributed by atoms with Crippen LogP contribution in [0.25, 0.3) is 0 Å². The second-order valence-corrected chi connectivity index (χ2v) is 4.39. The normalized spacial score (nSPS) is 10.5. The van der Waals surface area contributed by atoms with Crippen molar-refractivity contribution in [2.45, 2.75) is 26.9 Å². The van der Waals surface area contributed by atoms with Gasteiger partial charge in [0, 0.05) is 13.1 Å². The van der Waals surface area contributed by atoms with Crippen molar-refractivity contribution in [3.8, 4) is 0 Å². The van der Waals surface area contributed by atoms with Gasteiger partial charge in [-0.3, -0.25) is 0 Å². The molecular formula is C16H18N. The predicted molar refractivity (Wildman–Crippen MR) is 71.9 cm³/mol. The Balaban J connectivity index is 1.93. The fourth-order valence-corrected chi connectivity index (χ4v) is 1.87. The van der Waals surface area contributed by atoms with Crippen LogP contribution in [-0.2, 0) is 13.1 Å². The number of benzene rings is 2. The summed E-state index contributed by atoms with van der Waals surface area (Å²) in [5.41, 5.74) is 5.28. The maximum atomic E-state index is 4.63. The topological polar surface area (TPSA) is 14.1 Å². The van der Waals surface area contributed by atoms with E-state index in [4.69, 9.17) is 0 Å². The van der Waals surface area contributed by atoms with Crippen LogP contribution in [0, 0.1) is 13.8 Å². The fraction of sp³-hybridized carbons (Fsp3) is 0.250. The molecule has 1 nitrogen and oxygen atoms in total. The number of rotatable bonds is 4. The smallest absolute Gasteiger partial charge is 0.0390 e. The van der Waals surface area contributed by atoms with Crippen LogP contribution in [0.3, 0.4) is 0 Å². The van der Waals surface area contributed by atoms with Crippen molar-refractivity contribution in [3.63, 3.8) is 0 Å². The highest BCUT2D eigenvalue weighted by Crippen LogP contribution is 2.10. The van der Waals surface area contributed by atoms with E-state index in [0.29, 0.717) is 0 Å². The molecule has 0 saturated carbocycles. The molecule has 0 aliphatic carbocycles. The van der Waals surface area contributed by atoms with Gasteiger partial charge in [-0.25, -0.2) is 5.32 Å². The average Bonchev–Trinajstić information content (AvgIpc) is 2.34. The molecule has 0 atom stereocenters. The Morgan fingerprint density at radius 2 is 1.12 bits per heavy atom. The quantitative estimate of drug-likeness (QED) is 0.753. The van der Waals surface area contributed by atoms with Gasteiger partial charge in [0.15, 0.2) is 0 Å². The first-order chi connectivity index (χ1) is 8.27. The van der Waals surface area contributed by atoms with Gasteiger partial charge in [0.05, 0.1) is 0 Å². The summed E-state index contributed by atoms with van der Waals surface area (Å²) >= 11 is 0. The summed E-state index contributed by atoms with van der Waals surface area (Å²) in [5.74, 6) is 0. The van der Waals surface area contributed by atoms with E-state index in [0.717, 1.165) is 13.1 Å². The number of hydrogen-bond donors (Lipinski definition) is 0. The highest BCUT2D eigenvalue weighted by Gasteiger charge is 1.99. The molecule has 0 aliphatic rings. The SMILES string of the molecule is Cc1ccccc1C[N]Cc1ccccc1C. The summed E-state index contributed by atoms with van der Waals surface area (Å²) in [5, 5.41) is 4.63. The third-order valence-electron chi connectivity index (χ3n) is 3.09. The standard InChI is InChI=1S/C16H18N/c1-13-7-3-5-9-15(13)11-17-12-16-10-6-4-8-14(16)2/h3-10H,11-12H2,1-2H3. The van der Waals surface area contributed by atoms with Gasteiger partial charge < -0.3 is 0 Å². The van der Waals surface area contributed by atoms with Crippen molar-refractivity contribution < 1.29 is 0 Å². The van der Waals surface area contributed by atoms with Crippen LogP contribution in [0.1, 0.15) is 22.3 Å². The van der Waals surface area contributed by atoms with Crippen molar-refractivity contribution in [3.05, 3.63) is 70.8 Å². The molecule has 2 aromatic rings. The van der Waals surface area contributed by atoms with E-state index in [1.165, 1.54) is 22.3 Å². The first-order valence-electron chi connectivity index (χ1n) is 5.99. The Kier molecular flexibility index (Phi) is 3.94. The monoisotopic (exact) mass is 224 g/mol. The van der Waals surface area contributed by atoms with E-state index in [2.05, 4.69) is 67.7 Å². The van der Waals surface area contributed by atoms with Gasteiger partial charge in [-0.05, 0) is 36.1 Å². The summed E-state index contributed by atoms with van der Waals surface area (Å²) in [6, 6.07) is 16.9. The molecule has 17 heavy (non-hydrogen) atoms. The lowest BCUT2D eigenvalue weighted by atomic mass is 10.1. The second kappa shape index (κ2) is 5.65. The van der Waals surface area contributed by atoms with E-state index in [-0.39, 0.29) is 0 Å². The molecule has 1 heteroatoms. The highest BCUT2D eigenvalue weighted by atomic mass is 14.8. The number of hydrogen-bond acceptors (Lipinski definition) is 0. The maximum Gasteiger partial charge on any atom is 0.0390 e. The molecule has 0 aromatic heterocycles. The minimum Gasteiger partial charge on any atom is -0.232 e. The van der Waals surface area contributed by atoms with Crippen molar-refractivity contribution in [1.29, 1.82) is 0 Å². The van der Waals surface area contributed by atoms with E-state index >= 15 is 0 Å². The first-order valence-corrected chi connectivity index (χ1v) is 5.99. The van der Waals surface area contributed by atoms with E-state index < -0.39 is 0 Å². The zero-order chi connectivity index (χ0) is 12.1. The van der Waals surface area contributed by atoms with Gasteiger partial charge in [-0.1, -0.05) is 48.5 Å². The van der Waals surface area contributed by atoms with E-state index in [9.17, 15) is 0 Å². The molecule has 0 N–H and O–H groups in total. The number of nitrogens with zero attached hydrogens (tertiary/aromatic N) is 1. The lowest BCUT2D eigenvalue weighted by Gasteiger charge is -2.07. The molecule has 2 rings (SSSR count). The van der Waals surface area contributed by atoms with Crippen LogP contribution < -0.4 is 5.32 Å². The van der Waals surface area contributed by atoms with Crippen molar-refractivity contribution in [2.75, 3.05) is 0 Å². The molecule has 0 unspecified atom stereocenters. The zero-order valence-electron chi connectivity index (χ0n) is 10.5. The molecule has 2 aromatic carbocycles. The molecule has 0 amide bonds. The molecule has 0 aliphatic heterocycles. The van der Waals surface area contributed by atoms with Crippen LogP contribution >= 0.6 is 0 Å². The molecule has 0 fully saturated rings. The molecule has 0 saturated heterocycles. The van der Waals surface area contributed by atoms with Crippen LogP contribution in [0.15, 0.2) is 48.5 Å².